The Hall–Kier alpha value is -1.75. The Kier molecular flexibility index (Phi) is 6.10. The van der Waals surface area contributed by atoms with E-state index < -0.39 is 11.7 Å². The lowest BCUT2D eigenvalue weighted by atomic mass is 10.1. The van der Waals surface area contributed by atoms with Gasteiger partial charge in [-0.05, 0) is 51.3 Å². The van der Waals surface area contributed by atoms with Crippen LogP contribution in [0.15, 0.2) is 24.3 Å². The fourth-order valence-corrected chi connectivity index (χ4v) is 2.77. The van der Waals surface area contributed by atoms with E-state index >= 15 is 0 Å². The maximum absolute atomic E-state index is 12.3. The van der Waals surface area contributed by atoms with Crippen LogP contribution in [0, 0.1) is 0 Å². The zero-order valence-electron chi connectivity index (χ0n) is 14.5. The number of alkyl carbamates (subject to hydrolysis) is 1. The van der Waals surface area contributed by atoms with E-state index in [4.69, 9.17) is 16.3 Å². The Morgan fingerprint density at radius 2 is 1.96 bits per heavy atom. The van der Waals surface area contributed by atoms with Gasteiger partial charge in [-0.1, -0.05) is 23.7 Å². The molecular formula is C18H25ClN2O3. The fourth-order valence-electron chi connectivity index (χ4n) is 2.64. The number of carbonyl (C=O) groups excluding carboxylic acids is 2. The van der Waals surface area contributed by atoms with Crippen LogP contribution in [0.5, 0.6) is 0 Å². The number of carbonyl (C=O) groups is 2. The van der Waals surface area contributed by atoms with Crippen molar-refractivity contribution in [2.24, 2.45) is 0 Å². The predicted octanol–water partition coefficient (Wildman–Crippen LogP) is 3.40. The number of rotatable bonds is 4. The minimum Gasteiger partial charge on any atom is -0.444 e. The number of ether oxygens (including phenoxy) is 1. The molecule has 1 fully saturated rings. The van der Waals surface area contributed by atoms with Crippen LogP contribution in [0.2, 0.25) is 5.02 Å². The molecule has 1 heterocycles. The number of likely N-dealkylation sites (tertiary alicyclic amines) is 1. The number of hydrogen-bond acceptors (Lipinski definition) is 3. The van der Waals surface area contributed by atoms with Gasteiger partial charge in [0.15, 0.2) is 0 Å². The summed E-state index contributed by atoms with van der Waals surface area (Å²) in [4.78, 5) is 25.9. The Balaban J connectivity index is 1.75. The van der Waals surface area contributed by atoms with Crippen molar-refractivity contribution in [1.29, 1.82) is 0 Å². The van der Waals surface area contributed by atoms with E-state index in [0.29, 0.717) is 31.0 Å². The first-order valence-electron chi connectivity index (χ1n) is 8.25. The maximum Gasteiger partial charge on any atom is 0.407 e. The van der Waals surface area contributed by atoms with Crippen LogP contribution in [0.25, 0.3) is 0 Å². The van der Waals surface area contributed by atoms with Crippen molar-refractivity contribution in [3.8, 4) is 0 Å². The Morgan fingerprint density at radius 1 is 1.29 bits per heavy atom. The summed E-state index contributed by atoms with van der Waals surface area (Å²) in [6, 6.07) is 7.49. The normalized spacial score (nSPS) is 17.7. The summed E-state index contributed by atoms with van der Waals surface area (Å²) in [5.41, 5.74) is 0.576. The van der Waals surface area contributed by atoms with Crippen molar-refractivity contribution in [3.05, 3.63) is 34.9 Å². The van der Waals surface area contributed by atoms with Crippen molar-refractivity contribution in [2.45, 2.75) is 51.7 Å². The first-order chi connectivity index (χ1) is 11.2. The third-order valence-electron chi connectivity index (χ3n) is 3.80. The minimum atomic E-state index is -0.517. The lowest BCUT2D eigenvalue weighted by Gasteiger charge is -2.22. The zero-order valence-corrected chi connectivity index (χ0v) is 15.2. The molecule has 0 aliphatic carbocycles. The molecule has 24 heavy (non-hydrogen) atoms. The molecule has 1 aliphatic rings. The van der Waals surface area contributed by atoms with Gasteiger partial charge in [0.25, 0.3) is 0 Å². The second-order valence-electron chi connectivity index (χ2n) is 7.10. The highest BCUT2D eigenvalue weighted by molar-refractivity contribution is 6.30. The summed E-state index contributed by atoms with van der Waals surface area (Å²) in [5.74, 6) is 0.110. The molecule has 1 saturated heterocycles. The van der Waals surface area contributed by atoms with E-state index in [1.165, 1.54) is 0 Å². The molecule has 1 N–H and O–H groups in total. The first-order valence-corrected chi connectivity index (χ1v) is 8.62. The van der Waals surface area contributed by atoms with Crippen LogP contribution in [0.4, 0.5) is 4.79 Å². The molecule has 0 unspecified atom stereocenters. The molecule has 1 atom stereocenters. The summed E-state index contributed by atoms with van der Waals surface area (Å²) in [7, 11) is 0. The van der Waals surface area contributed by atoms with Gasteiger partial charge in [0.05, 0.1) is 6.04 Å². The maximum atomic E-state index is 12.3. The number of benzene rings is 1. The number of nitrogens with one attached hydrogen (secondary N) is 1. The molecule has 1 aromatic rings. The number of halogens is 1. The predicted molar refractivity (Wildman–Crippen MR) is 94.1 cm³/mol. The summed E-state index contributed by atoms with van der Waals surface area (Å²) in [6.07, 6.45) is 1.48. The SMILES string of the molecule is CC(C)(C)OC(=O)N[C@@H]1CCN(C(=O)CCc2ccc(Cl)cc2)C1. The Bertz CT molecular complexity index is 581. The van der Waals surface area contributed by atoms with Gasteiger partial charge in [-0.15, -0.1) is 0 Å². The van der Waals surface area contributed by atoms with Gasteiger partial charge in [0.2, 0.25) is 5.91 Å². The monoisotopic (exact) mass is 352 g/mol. The van der Waals surface area contributed by atoms with E-state index in [9.17, 15) is 9.59 Å². The molecule has 2 rings (SSSR count). The lowest BCUT2D eigenvalue weighted by molar-refractivity contribution is -0.130. The molecule has 0 spiro atoms. The van der Waals surface area contributed by atoms with Crippen LogP contribution in [-0.2, 0) is 16.0 Å². The van der Waals surface area contributed by atoms with Gasteiger partial charge < -0.3 is 15.0 Å². The van der Waals surface area contributed by atoms with Crippen LogP contribution in [0.1, 0.15) is 39.2 Å². The number of hydrogen-bond donors (Lipinski definition) is 1. The summed E-state index contributed by atoms with van der Waals surface area (Å²) in [6.45, 7) is 6.69. The highest BCUT2D eigenvalue weighted by atomic mass is 35.5. The fraction of sp³-hybridized carbons (Fsp3) is 0.556. The lowest BCUT2D eigenvalue weighted by Crippen LogP contribution is -2.41. The zero-order chi connectivity index (χ0) is 17.7. The van der Waals surface area contributed by atoms with Crippen molar-refractivity contribution >= 4 is 23.6 Å². The van der Waals surface area contributed by atoms with Crippen LogP contribution in [-0.4, -0.2) is 41.6 Å². The minimum absolute atomic E-state index is 0.0423. The van der Waals surface area contributed by atoms with Gasteiger partial charge in [0.1, 0.15) is 5.60 Å². The van der Waals surface area contributed by atoms with Gasteiger partial charge >= 0.3 is 6.09 Å². The Morgan fingerprint density at radius 3 is 2.58 bits per heavy atom. The topological polar surface area (TPSA) is 58.6 Å². The largest absolute Gasteiger partial charge is 0.444 e. The van der Waals surface area contributed by atoms with Crippen molar-refractivity contribution in [1.82, 2.24) is 10.2 Å². The van der Waals surface area contributed by atoms with Crippen molar-refractivity contribution in [2.75, 3.05) is 13.1 Å². The average Bonchev–Trinajstić information content (AvgIpc) is 2.92. The molecular weight excluding hydrogens is 328 g/mol. The van der Waals surface area contributed by atoms with Crippen LogP contribution in [0.3, 0.4) is 0 Å². The van der Waals surface area contributed by atoms with E-state index in [1.807, 2.05) is 45.0 Å². The van der Waals surface area contributed by atoms with E-state index in [1.54, 1.807) is 4.90 Å². The number of aryl methyl sites for hydroxylation is 1. The number of nitrogens with zero attached hydrogens (tertiary/aromatic N) is 1. The molecule has 1 aliphatic heterocycles. The highest BCUT2D eigenvalue weighted by Crippen LogP contribution is 2.15. The van der Waals surface area contributed by atoms with E-state index in [-0.39, 0.29) is 11.9 Å². The molecule has 6 heteroatoms. The van der Waals surface area contributed by atoms with Crippen molar-refractivity contribution < 1.29 is 14.3 Å². The van der Waals surface area contributed by atoms with Crippen molar-refractivity contribution in [3.63, 3.8) is 0 Å². The third-order valence-corrected chi connectivity index (χ3v) is 4.05. The summed E-state index contributed by atoms with van der Waals surface area (Å²) >= 11 is 5.86. The number of amides is 2. The van der Waals surface area contributed by atoms with E-state index in [2.05, 4.69) is 5.32 Å². The second-order valence-corrected chi connectivity index (χ2v) is 7.53. The van der Waals surface area contributed by atoms with Crippen LogP contribution >= 0.6 is 11.6 Å². The van der Waals surface area contributed by atoms with Gasteiger partial charge in [-0.25, -0.2) is 4.79 Å². The molecule has 0 aromatic heterocycles. The molecule has 0 saturated carbocycles. The molecule has 5 nitrogen and oxygen atoms in total. The smallest absolute Gasteiger partial charge is 0.407 e. The summed E-state index contributed by atoms with van der Waals surface area (Å²) in [5, 5.41) is 3.53. The average molecular weight is 353 g/mol. The Labute approximate surface area is 148 Å². The van der Waals surface area contributed by atoms with Gasteiger partial charge in [0, 0.05) is 24.5 Å². The highest BCUT2D eigenvalue weighted by Gasteiger charge is 2.28. The molecule has 0 radical (unpaired) electrons. The molecule has 2 amide bonds. The van der Waals surface area contributed by atoms with E-state index in [0.717, 1.165) is 12.0 Å². The van der Waals surface area contributed by atoms with Gasteiger partial charge in [-0.3, -0.25) is 4.79 Å². The third kappa shape index (κ3) is 6.04. The first kappa shape index (κ1) is 18.6. The van der Waals surface area contributed by atoms with Gasteiger partial charge in [-0.2, -0.15) is 0 Å². The second kappa shape index (κ2) is 7.88. The standard InChI is InChI=1S/C18H25ClN2O3/c1-18(2,3)24-17(23)20-15-10-11-21(12-15)16(22)9-6-13-4-7-14(19)8-5-13/h4-5,7-8,15H,6,9-12H2,1-3H3,(H,20,23)/t15-/m1/s1. The molecule has 0 bridgehead atoms. The quantitative estimate of drug-likeness (QED) is 0.903. The molecule has 1 aromatic carbocycles. The molecule has 132 valence electrons. The van der Waals surface area contributed by atoms with Crippen LogP contribution < -0.4 is 5.32 Å². The summed E-state index contributed by atoms with van der Waals surface area (Å²) < 4.78 is 5.25.